The number of nitrogens with zero attached hydrogens (tertiary/aromatic N) is 2. The third-order valence-electron chi connectivity index (χ3n) is 13.7. The van der Waals surface area contributed by atoms with E-state index < -0.39 is 0 Å². The summed E-state index contributed by atoms with van der Waals surface area (Å²) in [6.45, 7) is 0. The molecule has 0 atom stereocenters. The number of hydrogen-bond donors (Lipinski definition) is 0. The van der Waals surface area contributed by atoms with Gasteiger partial charge in [0.05, 0.1) is 11.4 Å². The fourth-order valence-electron chi connectivity index (χ4n) is 10.3. The van der Waals surface area contributed by atoms with Crippen LogP contribution in [0.2, 0.25) is 0 Å². The normalized spacial score (nSPS) is 11.5. The van der Waals surface area contributed by atoms with Crippen LogP contribution in [0.5, 0.6) is 0 Å². The first kappa shape index (κ1) is 39.4. The molecule has 2 nitrogen and oxygen atoms in total. The Balaban J connectivity index is 0.867. The summed E-state index contributed by atoms with van der Waals surface area (Å²) in [7, 11) is 0. The number of benzene rings is 12. The zero-order chi connectivity index (χ0) is 45.0. The van der Waals surface area contributed by atoms with Crippen molar-refractivity contribution in [1.29, 1.82) is 0 Å². The number of aromatic nitrogens is 2. The van der Waals surface area contributed by atoms with Crippen molar-refractivity contribution in [2.24, 2.45) is 0 Å². The molecule has 1 aromatic heterocycles. The Morgan fingerprint density at radius 3 is 1.47 bits per heavy atom. The highest BCUT2D eigenvalue weighted by Gasteiger charge is 2.18. The summed E-state index contributed by atoms with van der Waals surface area (Å²) in [5.74, 6) is 0.697. The van der Waals surface area contributed by atoms with Gasteiger partial charge in [0.1, 0.15) is 0 Å². The molecule has 68 heavy (non-hydrogen) atoms. The van der Waals surface area contributed by atoms with Gasteiger partial charge >= 0.3 is 0 Å². The zero-order valence-electron chi connectivity index (χ0n) is 37.1. The molecule has 0 bridgehead atoms. The number of fused-ring (bicyclic) bond motifs is 6. The van der Waals surface area contributed by atoms with Crippen LogP contribution in [-0.4, -0.2) is 9.97 Å². The van der Waals surface area contributed by atoms with Gasteiger partial charge in [-0.1, -0.05) is 237 Å². The van der Waals surface area contributed by atoms with Crippen molar-refractivity contribution < 1.29 is 0 Å². The van der Waals surface area contributed by atoms with E-state index in [1.54, 1.807) is 0 Å². The van der Waals surface area contributed by atoms with Crippen LogP contribution in [0.3, 0.4) is 0 Å². The third-order valence-corrected chi connectivity index (χ3v) is 13.7. The largest absolute Gasteiger partial charge is 0.228 e. The fourth-order valence-corrected chi connectivity index (χ4v) is 10.3. The van der Waals surface area contributed by atoms with E-state index in [2.05, 4.69) is 237 Å². The summed E-state index contributed by atoms with van der Waals surface area (Å²) in [5.41, 5.74) is 14.4. The summed E-state index contributed by atoms with van der Waals surface area (Å²) in [5, 5.41) is 12.4. The van der Waals surface area contributed by atoms with Gasteiger partial charge < -0.3 is 0 Å². The molecule has 0 radical (unpaired) electrons. The van der Waals surface area contributed by atoms with Crippen molar-refractivity contribution >= 4 is 53.9 Å². The van der Waals surface area contributed by atoms with Crippen molar-refractivity contribution in [3.05, 3.63) is 255 Å². The maximum atomic E-state index is 5.30. The molecule has 0 fully saturated rings. The smallest absolute Gasteiger partial charge is 0.160 e. The molecular formula is C66H42N2. The first-order valence-electron chi connectivity index (χ1n) is 23.3. The van der Waals surface area contributed by atoms with Gasteiger partial charge in [-0.25, -0.2) is 9.97 Å². The molecule has 0 amide bonds. The molecule has 13 aromatic rings. The Morgan fingerprint density at radius 2 is 0.721 bits per heavy atom. The van der Waals surface area contributed by atoms with E-state index in [-0.39, 0.29) is 0 Å². The molecule has 0 aliphatic rings. The first-order valence-corrected chi connectivity index (χ1v) is 23.3. The SMILES string of the molecule is c1ccc(-c2nc(-c3ccccc3-c3ccc4ccccc4c3)cc(-c3ccc(-c4ccc(-c5ccc(-c6c7ccccc7cc7c6ccc6ccccc67)cc5)cc4)c4ccccc34)n2)cc1. The van der Waals surface area contributed by atoms with Crippen LogP contribution in [0.1, 0.15) is 0 Å². The molecule has 0 N–H and O–H groups in total. The lowest BCUT2D eigenvalue weighted by atomic mass is 9.89. The Hall–Kier alpha value is -8.98. The molecular weight excluding hydrogens is 821 g/mol. The van der Waals surface area contributed by atoms with E-state index in [4.69, 9.17) is 9.97 Å². The van der Waals surface area contributed by atoms with Crippen LogP contribution in [0.4, 0.5) is 0 Å². The minimum atomic E-state index is 0.697. The minimum Gasteiger partial charge on any atom is -0.228 e. The highest BCUT2D eigenvalue weighted by atomic mass is 14.9. The predicted octanol–water partition coefficient (Wildman–Crippen LogP) is 17.9. The van der Waals surface area contributed by atoms with Crippen LogP contribution < -0.4 is 0 Å². The maximum Gasteiger partial charge on any atom is 0.160 e. The van der Waals surface area contributed by atoms with E-state index in [1.807, 2.05) is 18.2 Å². The second kappa shape index (κ2) is 16.5. The highest BCUT2D eigenvalue weighted by Crippen LogP contribution is 2.42. The van der Waals surface area contributed by atoms with Crippen molar-refractivity contribution in [2.75, 3.05) is 0 Å². The van der Waals surface area contributed by atoms with Crippen LogP contribution in [-0.2, 0) is 0 Å². The Labute approximate surface area is 395 Å². The molecule has 1 heterocycles. The van der Waals surface area contributed by atoms with Crippen LogP contribution in [0.15, 0.2) is 255 Å². The Morgan fingerprint density at radius 1 is 0.206 bits per heavy atom. The third kappa shape index (κ3) is 6.90. The van der Waals surface area contributed by atoms with Crippen molar-refractivity contribution in [2.45, 2.75) is 0 Å². The summed E-state index contributed by atoms with van der Waals surface area (Å²) >= 11 is 0. The Bertz CT molecular complexity index is 4060. The molecule has 2 heteroatoms. The van der Waals surface area contributed by atoms with Gasteiger partial charge in [-0.2, -0.15) is 0 Å². The van der Waals surface area contributed by atoms with E-state index >= 15 is 0 Å². The number of rotatable bonds is 7. The molecule has 13 rings (SSSR count). The summed E-state index contributed by atoms with van der Waals surface area (Å²) in [4.78, 5) is 10.6. The van der Waals surface area contributed by atoms with Gasteiger partial charge in [0, 0.05) is 16.7 Å². The van der Waals surface area contributed by atoms with Gasteiger partial charge in [0.2, 0.25) is 0 Å². The van der Waals surface area contributed by atoms with Gasteiger partial charge in [0.25, 0.3) is 0 Å². The zero-order valence-corrected chi connectivity index (χ0v) is 37.1. The van der Waals surface area contributed by atoms with Crippen molar-refractivity contribution in [1.82, 2.24) is 9.97 Å². The average Bonchev–Trinajstić information content (AvgIpc) is 3.42. The monoisotopic (exact) mass is 862 g/mol. The first-order chi connectivity index (χ1) is 33.7. The lowest BCUT2D eigenvalue weighted by molar-refractivity contribution is 1.19. The van der Waals surface area contributed by atoms with E-state index in [9.17, 15) is 0 Å². The van der Waals surface area contributed by atoms with Crippen LogP contribution in [0.25, 0.3) is 132 Å². The van der Waals surface area contributed by atoms with Gasteiger partial charge in [-0.3, -0.25) is 0 Å². The molecule has 0 spiro atoms. The van der Waals surface area contributed by atoms with Gasteiger partial charge in [0.15, 0.2) is 5.82 Å². The molecule has 0 saturated heterocycles. The average molecular weight is 863 g/mol. The molecule has 0 aliphatic carbocycles. The second-order valence-electron chi connectivity index (χ2n) is 17.7. The fraction of sp³-hybridized carbons (Fsp3) is 0. The highest BCUT2D eigenvalue weighted by molar-refractivity contribution is 6.20. The van der Waals surface area contributed by atoms with Crippen LogP contribution >= 0.6 is 0 Å². The second-order valence-corrected chi connectivity index (χ2v) is 17.7. The lowest BCUT2D eigenvalue weighted by Crippen LogP contribution is -1.97. The summed E-state index contributed by atoms with van der Waals surface area (Å²) < 4.78 is 0. The molecule has 0 unspecified atom stereocenters. The molecule has 316 valence electrons. The predicted molar refractivity (Wildman–Crippen MR) is 288 cm³/mol. The van der Waals surface area contributed by atoms with E-state index in [1.165, 1.54) is 81.9 Å². The lowest BCUT2D eigenvalue weighted by Gasteiger charge is -2.16. The van der Waals surface area contributed by atoms with Gasteiger partial charge in [-0.15, -0.1) is 0 Å². The minimum absolute atomic E-state index is 0.697. The summed E-state index contributed by atoms with van der Waals surface area (Å²) in [6, 6.07) is 92.0. The topological polar surface area (TPSA) is 25.8 Å². The summed E-state index contributed by atoms with van der Waals surface area (Å²) in [6.07, 6.45) is 0. The quantitative estimate of drug-likeness (QED) is 0.118. The van der Waals surface area contributed by atoms with Crippen molar-refractivity contribution in [3.8, 4) is 78.4 Å². The maximum absolute atomic E-state index is 5.30. The molecule has 0 saturated carbocycles. The molecule has 0 aliphatic heterocycles. The molecule has 12 aromatic carbocycles. The van der Waals surface area contributed by atoms with Gasteiger partial charge in [-0.05, 0) is 117 Å². The Kier molecular flexibility index (Phi) is 9.54. The van der Waals surface area contributed by atoms with E-state index in [0.29, 0.717) is 5.82 Å². The van der Waals surface area contributed by atoms with E-state index in [0.717, 1.165) is 44.6 Å². The number of hydrogen-bond acceptors (Lipinski definition) is 2. The standard InChI is InChI=1S/C66H42N2/c1-2-16-49(17-3-1)66-67-63(59-25-13-10-21-54(59)52-35-30-43-14-4-5-18-50(43)40-52)42-64(68-66)60-39-38-55(57-23-11-12-24-58(57)60)47-31-26-44(27-32-47)45-28-33-48(34-29-45)65-56-22-9-7-19-51(56)41-62-53-20-8-6-15-46(53)36-37-61(62)65/h1-42H. The van der Waals surface area contributed by atoms with Crippen LogP contribution in [0, 0.1) is 0 Å². The van der Waals surface area contributed by atoms with Crippen molar-refractivity contribution in [3.63, 3.8) is 0 Å².